The topological polar surface area (TPSA) is 29.9 Å². The molecule has 0 aliphatic heterocycles. The number of hydrogen-bond donors (Lipinski definition) is 1. The largest absolute Gasteiger partial charge is 0.497 e. The van der Waals surface area contributed by atoms with Gasteiger partial charge in [0.15, 0.2) is 4.77 Å². The maximum absolute atomic E-state index is 5.54. The SMILES string of the molecule is CCC1CCC(n2c(=S)[nH]c3ccc(OC)cc32)CC1. The first-order valence-electron chi connectivity index (χ1n) is 7.51. The lowest BCUT2D eigenvalue weighted by molar-refractivity contribution is 0.271. The molecule has 0 radical (unpaired) electrons. The number of fused-ring (bicyclic) bond motifs is 1. The number of aromatic amines is 1. The maximum Gasteiger partial charge on any atom is 0.178 e. The molecule has 108 valence electrons. The Balaban J connectivity index is 1.98. The van der Waals surface area contributed by atoms with Crippen molar-refractivity contribution in [1.82, 2.24) is 9.55 Å². The van der Waals surface area contributed by atoms with Crippen molar-refractivity contribution in [3.05, 3.63) is 23.0 Å². The van der Waals surface area contributed by atoms with Crippen molar-refractivity contribution in [3.63, 3.8) is 0 Å². The lowest BCUT2D eigenvalue weighted by Crippen LogP contribution is -2.17. The fourth-order valence-electron chi connectivity index (χ4n) is 3.40. The smallest absolute Gasteiger partial charge is 0.178 e. The molecule has 1 aromatic heterocycles. The van der Waals surface area contributed by atoms with Gasteiger partial charge in [0.2, 0.25) is 0 Å². The molecule has 1 fully saturated rings. The van der Waals surface area contributed by atoms with Crippen LogP contribution in [0.2, 0.25) is 0 Å². The maximum atomic E-state index is 5.54. The molecule has 20 heavy (non-hydrogen) atoms. The Morgan fingerprint density at radius 2 is 2.05 bits per heavy atom. The average Bonchev–Trinajstić information content (AvgIpc) is 2.82. The number of rotatable bonds is 3. The van der Waals surface area contributed by atoms with Crippen LogP contribution in [0.25, 0.3) is 11.0 Å². The minimum atomic E-state index is 0.533. The zero-order chi connectivity index (χ0) is 14.1. The minimum Gasteiger partial charge on any atom is -0.497 e. The van der Waals surface area contributed by atoms with Gasteiger partial charge < -0.3 is 14.3 Å². The van der Waals surface area contributed by atoms with Gasteiger partial charge in [-0.25, -0.2) is 0 Å². The molecule has 0 unspecified atom stereocenters. The molecule has 4 heteroatoms. The Hall–Kier alpha value is -1.29. The van der Waals surface area contributed by atoms with E-state index in [0.717, 1.165) is 22.0 Å². The number of ether oxygens (including phenoxy) is 1. The standard InChI is InChI=1S/C16H22N2OS/c1-3-11-4-6-12(7-5-11)18-15-10-13(19-2)8-9-14(15)17-16(18)20/h8-12H,3-7H2,1-2H3,(H,17,20). The van der Waals surface area contributed by atoms with Crippen LogP contribution in [0.5, 0.6) is 5.75 Å². The van der Waals surface area contributed by atoms with Crippen LogP contribution in [-0.2, 0) is 0 Å². The monoisotopic (exact) mass is 290 g/mol. The van der Waals surface area contributed by atoms with Crippen LogP contribution < -0.4 is 4.74 Å². The number of nitrogens with zero attached hydrogens (tertiary/aromatic N) is 1. The van der Waals surface area contributed by atoms with Crippen molar-refractivity contribution in [2.24, 2.45) is 5.92 Å². The van der Waals surface area contributed by atoms with E-state index in [0.29, 0.717) is 6.04 Å². The normalized spacial score (nSPS) is 23.1. The van der Waals surface area contributed by atoms with Crippen molar-refractivity contribution < 1.29 is 4.74 Å². The van der Waals surface area contributed by atoms with E-state index in [2.05, 4.69) is 28.6 Å². The van der Waals surface area contributed by atoms with E-state index in [4.69, 9.17) is 17.0 Å². The van der Waals surface area contributed by atoms with Crippen molar-refractivity contribution >= 4 is 23.3 Å². The average molecular weight is 290 g/mol. The Morgan fingerprint density at radius 1 is 1.30 bits per heavy atom. The van der Waals surface area contributed by atoms with Gasteiger partial charge in [-0.2, -0.15) is 0 Å². The lowest BCUT2D eigenvalue weighted by Gasteiger charge is -2.29. The van der Waals surface area contributed by atoms with Crippen LogP contribution in [0, 0.1) is 10.7 Å². The van der Waals surface area contributed by atoms with Gasteiger partial charge in [-0.1, -0.05) is 13.3 Å². The van der Waals surface area contributed by atoms with Crippen LogP contribution in [0.15, 0.2) is 18.2 Å². The number of hydrogen-bond acceptors (Lipinski definition) is 2. The molecule has 1 aliphatic carbocycles. The van der Waals surface area contributed by atoms with Gasteiger partial charge in [0.05, 0.1) is 18.1 Å². The summed E-state index contributed by atoms with van der Waals surface area (Å²) < 4.78 is 8.49. The van der Waals surface area contributed by atoms with Gasteiger partial charge in [-0.3, -0.25) is 0 Å². The van der Waals surface area contributed by atoms with Gasteiger partial charge in [0, 0.05) is 12.1 Å². The molecular formula is C16H22N2OS. The Bertz CT molecular complexity index is 650. The molecule has 3 nitrogen and oxygen atoms in total. The number of imidazole rings is 1. The van der Waals surface area contributed by atoms with E-state index in [1.54, 1.807) is 7.11 Å². The third kappa shape index (κ3) is 2.37. The van der Waals surface area contributed by atoms with Crippen LogP contribution in [0.1, 0.15) is 45.1 Å². The first-order valence-corrected chi connectivity index (χ1v) is 7.92. The molecule has 1 heterocycles. The van der Waals surface area contributed by atoms with Gasteiger partial charge in [0.1, 0.15) is 5.75 Å². The van der Waals surface area contributed by atoms with Crippen LogP contribution in [0.3, 0.4) is 0 Å². The molecule has 0 spiro atoms. The fraction of sp³-hybridized carbons (Fsp3) is 0.562. The van der Waals surface area contributed by atoms with Gasteiger partial charge in [-0.15, -0.1) is 0 Å². The van der Waals surface area contributed by atoms with Crippen molar-refractivity contribution in [2.45, 2.75) is 45.1 Å². The number of benzene rings is 1. The summed E-state index contributed by atoms with van der Waals surface area (Å²) in [6, 6.07) is 6.66. The molecular weight excluding hydrogens is 268 g/mol. The Kier molecular flexibility index (Phi) is 3.83. The molecule has 3 rings (SSSR count). The van der Waals surface area contributed by atoms with Crippen molar-refractivity contribution in [1.29, 1.82) is 0 Å². The van der Waals surface area contributed by atoms with E-state index in [1.807, 2.05) is 6.07 Å². The highest BCUT2D eigenvalue weighted by Crippen LogP contribution is 2.36. The summed E-state index contributed by atoms with van der Waals surface area (Å²) >= 11 is 5.54. The number of aromatic nitrogens is 2. The third-order valence-electron chi connectivity index (χ3n) is 4.68. The first kappa shape index (κ1) is 13.7. The third-order valence-corrected chi connectivity index (χ3v) is 4.98. The molecule has 2 aromatic rings. The number of methoxy groups -OCH3 is 1. The molecule has 1 N–H and O–H groups in total. The first-order chi connectivity index (χ1) is 9.72. The van der Waals surface area contributed by atoms with Crippen LogP contribution in [0.4, 0.5) is 0 Å². The van der Waals surface area contributed by atoms with Crippen molar-refractivity contribution in [3.8, 4) is 5.75 Å². The zero-order valence-corrected chi connectivity index (χ0v) is 13.0. The van der Waals surface area contributed by atoms with Crippen LogP contribution >= 0.6 is 12.2 Å². The Morgan fingerprint density at radius 3 is 2.70 bits per heavy atom. The fourth-order valence-corrected chi connectivity index (χ4v) is 3.76. The quantitative estimate of drug-likeness (QED) is 0.819. The van der Waals surface area contributed by atoms with Crippen LogP contribution in [-0.4, -0.2) is 16.7 Å². The zero-order valence-electron chi connectivity index (χ0n) is 12.2. The summed E-state index contributed by atoms with van der Waals surface area (Å²) in [5.41, 5.74) is 2.28. The molecule has 0 saturated heterocycles. The number of H-pyrrole nitrogens is 1. The second kappa shape index (κ2) is 5.60. The molecule has 1 saturated carbocycles. The second-order valence-electron chi connectivity index (χ2n) is 5.77. The van der Waals surface area contributed by atoms with Gasteiger partial charge >= 0.3 is 0 Å². The predicted octanol–water partition coefficient (Wildman–Crippen LogP) is 4.85. The van der Waals surface area contributed by atoms with E-state index in [1.165, 1.54) is 37.6 Å². The molecule has 1 aromatic carbocycles. The highest BCUT2D eigenvalue weighted by atomic mass is 32.1. The molecule has 1 aliphatic rings. The summed E-state index contributed by atoms with van der Waals surface area (Å²) in [6.07, 6.45) is 6.41. The summed E-state index contributed by atoms with van der Waals surface area (Å²) in [7, 11) is 1.71. The predicted molar refractivity (Wildman–Crippen MR) is 85.0 cm³/mol. The lowest BCUT2D eigenvalue weighted by atomic mass is 9.84. The summed E-state index contributed by atoms with van der Waals surface area (Å²) in [5, 5.41) is 0. The number of nitrogens with one attached hydrogen (secondary N) is 1. The summed E-state index contributed by atoms with van der Waals surface area (Å²) in [5.74, 6) is 1.79. The summed E-state index contributed by atoms with van der Waals surface area (Å²) in [4.78, 5) is 3.32. The van der Waals surface area contributed by atoms with Gasteiger partial charge in [0.25, 0.3) is 0 Å². The minimum absolute atomic E-state index is 0.533. The van der Waals surface area contributed by atoms with E-state index in [-0.39, 0.29) is 0 Å². The van der Waals surface area contributed by atoms with E-state index >= 15 is 0 Å². The summed E-state index contributed by atoms with van der Waals surface area (Å²) in [6.45, 7) is 2.30. The molecule has 0 amide bonds. The van der Waals surface area contributed by atoms with Gasteiger partial charge in [-0.05, 0) is 56.0 Å². The Labute approximate surface area is 125 Å². The molecule has 0 atom stereocenters. The van der Waals surface area contributed by atoms with E-state index in [9.17, 15) is 0 Å². The van der Waals surface area contributed by atoms with E-state index < -0.39 is 0 Å². The highest BCUT2D eigenvalue weighted by Gasteiger charge is 2.23. The highest BCUT2D eigenvalue weighted by molar-refractivity contribution is 7.71. The van der Waals surface area contributed by atoms with Crippen molar-refractivity contribution in [2.75, 3.05) is 7.11 Å². The second-order valence-corrected chi connectivity index (χ2v) is 6.15. The molecule has 0 bridgehead atoms.